The van der Waals surface area contributed by atoms with E-state index in [0.717, 1.165) is 10.7 Å². The van der Waals surface area contributed by atoms with Crippen LogP contribution in [0.5, 0.6) is 0 Å². The van der Waals surface area contributed by atoms with Crippen LogP contribution < -0.4 is 5.69 Å². The summed E-state index contributed by atoms with van der Waals surface area (Å²) >= 11 is 3.00. The van der Waals surface area contributed by atoms with Gasteiger partial charge in [-0.3, -0.25) is 4.40 Å². The average molecular weight is 374 g/mol. The first-order valence-corrected chi connectivity index (χ1v) is 9.46. The van der Waals surface area contributed by atoms with Crippen LogP contribution in [0, 0.1) is 6.92 Å². The summed E-state index contributed by atoms with van der Waals surface area (Å²) in [6.07, 6.45) is 2.24. The van der Waals surface area contributed by atoms with Gasteiger partial charge in [0.15, 0.2) is 5.65 Å². The maximum Gasteiger partial charge on any atom is 0.350 e. The second kappa shape index (κ2) is 6.81. The van der Waals surface area contributed by atoms with Crippen molar-refractivity contribution in [2.75, 3.05) is 5.75 Å². The SMILES string of the molecule is Cc1nc(Cc2nnc(SCCn3nc4ccccn4c3=O)o2)cs1. The topological polar surface area (TPSA) is 91.1 Å². The fourth-order valence-electron chi connectivity index (χ4n) is 2.35. The van der Waals surface area contributed by atoms with E-state index >= 15 is 0 Å². The van der Waals surface area contributed by atoms with Gasteiger partial charge in [0.1, 0.15) is 0 Å². The van der Waals surface area contributed by atoms with Crippen molar-refractivity contribution >= 4 is 28.7 Å². The molecular formula is C15H14N6O2S2. The van der Waals surface area contributed by atoms with E-state index in [9.17, 15) is 4.79 Å². The molecule has 0 aliphatic rings. The number of aryl methyl sites for hydroxylation is 2. The highest BCUT2D eigenvalue weighted by Gasteiger charge is 2.11. The van der Waals surface area contributed by atoms with Gasteiger partial charge in [-0.2, -0.15) is 0 Å². The van der Waals surface area contributed by atoms with E-state index in [1.54, 1.807) is 29.7 Å². The quantitative estimate of drug-likeness (QED) is 0.477. The van der Waals surface area contributed by atoms with Gasteiger partial charge in [-0.25, -0.2) is 14.5 Å². The van der Waals surface area contributed by atoms with Gasteiger partial charge < -0.3 is 4.42 Å². The number of aromatic nitrogens is 6. The van der Waals surface area contributed by atoms with Crippen molar-refractivity contribution < 1.29 is 4.42 Å². The predicted octanol–water partition coefficient (Wildman–Crippen LogP) is 2.03. The summed E-state index contributed by atoms with van der Waals surface area (Å²) in [5.41, 5.74) is 1.41. The maximum absolute atomic E-state index is 12.2. The highest BCUT2D eigenvalue weighted by molar-refractivity contribution is 7.99. The highest BCUT2D eigenvalue weighted by Crippen LogP contribution is 2.18. The molecular weight excluding hydrogens is 360 g/mol. The zero-order chi connectivity index (χ0) is 17.2. The number of nitrogens with zero attached hydrogens (tertiary/aromatic N) is 6. The summed E-state index contributed by atoms with van der Waals surface area (Å²) in [4.78, 5) is 16.6. The van der Waals surface area contributed by atoms with Gasteiger partial charge in [0, 0.05) is 17.3 Å². The van der Waals surface area contributed by atoms with Gasteiger partial charge >= 0.3 is 5.69 Å². The average Bonchev–Trinajstić information content (AvgIpc) is 3.30. The van der Waals surface area contributed by atoms with Gasteiger partial charge in [0.25, 0.3) is 5.22 Å². The summed E-state index contributed by atoms with van der Waals surface area (Å²) in [5, 5.41) is 15.8. The summed E-state index contributed by atoms with van der Waals surface area (Å²) in [6.45, 7) is 2.43. The second-order valence-corrected chi connectivity index (χ2v) is 7.39. The van der Waals surface area contributed by atoms with Crippen LogP contribution in [0.2, 0.25) is 0 Å². The lowest BCUT2D eigenvalue weighted by atomic mass is 10.3. The lowest BCUT2D eigenvalue weighted by Crippen LogP contribution is -2.21. The Morgan fingerprint density at radius 2 is 2.24 bits per heavy atom. The molecule has 4 rings (SSSR count). The van der Waals surface area contributed by atoms with Crippen LogP contribution >= 0.6 is 23.1 Å². The molecule has 0 aliphatic carbocycles. The van der Waals surface area contributed by atoms with Gasteiger partial charge in [-0.1, -0.05) is 17.8 Å². The Bertz CT molecular complexity index is 1060. The van der Waals surface area contributed by atoms with Crippen LogP contribution in [0.4, 0.5) is 0 Å². The van der Waals surface area contributed by atoms with Crippen molar-refractivity contribution in [3.63, 3.8) is 0 Å². The molecule has 10 heteroatoms. The third-order valence-corrected chi connectivity index (χ3v) is 5.09. The van der Waals surface area contributed by atoms with Crippen LogP contribution in [0.1, 0.15) is 16.6 Å². The Morgan fingerprint density at radius 1 is 1.32 bits per heavy atom. The molecule has 0 saturated carbocycles. The number of fused-ring (bicyclic) bond motifs is 1. The number of rotatable bonds is 6. The zero-order valence-electron chi connectivity index (χ0n) is 13.3. The molecule has 128 valence electrons. The molecule has 25 heavy (non-hydrogen) atoms. The number of thiazole rings is 1. The van der Waals surface area contributed by atoms with E-state index in [-0.39, 0.29) is 5.69 Å². The van der Waals surface area contributed by atoms with Gasteiger partial charge in [0.2, 0.25) is 5.89 Å². The van der Waals surface area contributed by atoms with Gasteiger partial charge in [-0.05, 0) is 19.1 Å². The zero-order valence-corrected chi connectivity index (χ0v) is 15.0. The van der Waals surface area contributed by atoms with Crippen LogP contribution in [-0.2, 0) is 13.0 Å². The molecule has 8 nitrogen and oxygen atoms in total. The molecule has 0 aliphatic heterocycles. The summed E-state index contributed by atoms with van der Waals surface area (Å²) < 4.78 is 8.58. The molecule has 0 spiro atoms. The summed E-state index contributed by atoms with van der Waals surface area (Å²) in [6, 6.07) is 5.46. The first kappa shape index (κ1) is 16.0. The van der Waals surface area contributed by atoms with E-state index in [1.165, 1.54) is 20.8 Å². The maximum atomic E-state index is 12.2. The Balaban J connectivity index is 1.37. The number of pyridine rings is 1. The number of hydrogen-bond donors (Lipinski definition) is 0. The Morgan fingerprint density at radius 3 is 3.04 bits per heavy atom. The molecule has 0 N–H and O–H groups in total. The fraction of sp³-hybridized carbons (Fsp3) is 0.267. The molecule has 0 aromatic carbocycles. The minimum atomic E-state index is -0.152. The van der Waals surface area contributed by atoms with Crippen molar-refractivity contribution in [3.8, 4) is 0 Å². The first-order valence-electron chi connectivity index (χ1n) is 7.59. The normalized spacial score (nSPS) is 11.4. The largest absolute Gasteiger partial charge is 0.416 e. The molecule has 0 fully saturated rings. The van der Waals surface area contributed by atoms with Crippen molar-refractivity contribution in [2.45, 2.75) is 25.1 Å². The molecule has 4 aromatic rings. The smallest absolute Gasteiger partial charge is 0.350 e. The monoisotopic (exact) mass is 374 g/mol. The fourth-order valence-corrected chi connectivity index (χ4v) is 3.65. The molecule has 0 unspecified atom stereocenters. The Hall–Kier alpha value is -2.46. The third kappa shape index (κ3) is 3.49. The first-order chi connectivity index (χ1) is 12.2. The van der Waals surface area contributed by atoms with Crippen LogP contribution in [0.25, 0.3) is 5.65 Å². The highest BCUT2D eigenvalue weighted by atomic mass is 32.2. The van der Waals surface area contributed by atoms with E-state index in [0.29, 0.717) is 35.5 Å². The van der Waals surface area contributed by atoms with Crippen LogP contribution in [-0.4, -0.2) is 35.1 Å². The van der Waals surface area contributed by atoms with Gasteiger partial charge in [-0.15, -0.1) is 26.6 Å². The second-order valence-electron chi connectivity index (χ2n) is 5.28. The van der Waals surface area contributed by atoms with Gasteiger partial charge in [0.05, 0.1) is 23.7 Å². The molecule has 4 heterocycles. The Kier molecular flexibility index (Phi) is 4.36. The van der Waals surface area contributed by atoms with Crippen molar-refractivity contribution in [1.82, 2.24) is 29.4 Å². The van der Waals surface area contributed by atoms with Crippen molar-refractivity contribution in [2.24, 2.45) is 0 Å². The van der Waals surface area contributed by atoms with E-state index in [1.807, 2.05) is 18.4 Å². The molecule has 0 bridgehead atoms. The molecule has 0 saturated heterocycles. The summed E-state index contributed by atoms with van der Waals surface area (Å²) in [7, 11) is 0. The van der Waals surface area contributed by atoms with Crippen molar-refractivity contribution in [1.29, 1.82) is 0 Å². The molecule has 0 radical (unpaired) electrons. The lowest BCUT2D eigenvalue weighted by molar-refractivity contribution is 0.419. The number of hydrogen-bond acceptors (Lipinski definition) is 8. The number of thioether (sulfide) groups is 1. The summed E-state index contributed by atoms with van der Waals surface area (Å²) in [5.74, 6) is 1.15. The lowest BCUT2D eigenvalue weighted by Gasteiger charge is -1.96. The molecule has 0 amide bonds. The van der Waals surface area contributed by atoms with E-state index in [4.69, 9.17) is 4.42 Å². The minimum absolute atomic E-state index is 0.152. The van der Waals surface area contributed by atoms with Crippen molar-refractivity contribution in [3.05, 3.63) is 56.9 Å². The predicted molar refractivity (Wildman–Crippen MR) is 94.1 cm³/mol. The Labute approximate surface area is 150 Å². The van der Waals surface area contributed by atoms with E-state index < -0.39 is 0 Å². The minimum Gasteiger partial charge on any atom is -0.416 e. The van der Waals surface area contributed by atoms with E-state index in [2.05, 4.69) is 20.3 Å². The molecule has 0 atom stereocenters. The van der Waals surface area contributed by atoms with Crippen LogP contribution in [0.15, 0.2) is 44.2 Å². The molecule has 4 aromatic heterocycles. The standard InChI is InChI=1S/C15H14N6O2S2/c1-10-16-11(9-25-10)8-13-17-18-14(23-13)24-7-6-21-15(22)20-5-3-2-4-12(20)19-21/h2-5,9H,6-8H2,1H3. The van der Waals surface area contributed by atoms with Crippen LogP contribution in [0.3, 0.4) is 0 Å². The third-order valence-electron chi connectivity index (χ3n) is 3.46.